The Morgan fingerprint density at radius 1 is 1.39 bits per heavy atom. The van der Waals surface area contributed by atoms with Crippen LogP contribution in [-0.4, -0.2) is 37.4 Å². The van der Waals surface area contributed by atoms with Gasteiger partial charge in [0.2, 0.25) is 0 Å². The quantitative estimate of drug-likeness (QED) is 0.893. The van der Waals surface area contributed by atoms with Gasteiger partial charge in [0.25, 0.3) is 0 Å². The summed E-state index contributed by atoms with van der Waals surface area (Å²) in [6, 6.07) is 5.61. The third-order valence-corrected chi connectivity index (χ3v) is 3.50. The van der Waals surface area contributed by atoms with Crippen molar-refractivity contribution >= 4 is 11.7 Å². The van der Waals surface area contributed by atoms with E-state index in [0.717, 1.165) is 37.2 Å². The van der Waals surface area contributed by atoms with Crippen LogP contribution in [0.2, 0.25) is 0 Å². The lowest BCUT2D eigenvalue weighted by Gasteiger charge is -2.33. The highest BCUT2D eigenvalue weighted by Crippen LogP contribution is 2.26. The van der Waals surface area contributed by atoms with E-state index in [1.165, 1.54) is 0 Å². The number of anilines is 1. The summed E-state index contributed by atoms with van der Waals surface area (Å²) in [6.07, 6.45) is 2.20. The van der Waals surface area contributed by atoms with Gasteiger partial charge in [-0.1, -0.05) is 11.6 Å². The molecule has 4 heteroatoms. The van der Waals surface area contributed by atoms with Gasteiger partial charge in [0, 0.05) is 20.2 Å². The molecule has 0 amide bonds. The largest absolute Gasteiger partial charge is 0.478 e. The second-order valence-electron chi connectivity index (χ2n) is 4.75. The SMILES string of the molecule is COC1CCN(c2ccc(C)cc2C(=O)O)CC1. The third kappa shape index (κ3) is 2.64. The van der Waals surface area contributed by atoms with Crippen LogP contribution in [0.15, 0.2) is 18.2 Å². The molecule has 0 spiro atoms. The highest BCUT2D eigenvalue weighted by molar-refractivity contribution is 5.94. The molecule has 0 aliphatic carbocycles. The Labute approximate surface area is 107 Å². The summed E-state index contributed by atoms with van der Waals surface area (Å²) in [4.78, 5) is 13.4. The molecule has 4 nitrogen and oxygen atoms in total. The normalized spacial score (nSPS) is 16.9. The average molecular weight is 249 g/mol. The average Bonchev–Trinajstić information content (AvgIpc) is 2.39. The van der Waals surface area contributed by atoms with E-state index in [-0.39, 0.29) is 0 Å². The molecule has 1 aliphatic rings. The first kappa shape index (κ1) is 12.9. The summed E-state index contributed by atoms with van der Waals surface area (Å²) >= 11 is 0. The summed E-state index contributed by atoms with van der Waals surface area (Å²) in [6.45, 7) is 3.61. The molecule has 0 atom stereocenters. The summed E-state index contributed by atoms with van der Waals surface area (Å²) in [5.41, 5.74) is 2.19. The zero-order valence-corrected chi connectivity index (χ0v) is 10.8. The minimum Gasteiger partial charge on any atom is -0.478 e. The van der Waals surface area contributed by atoms with Gasteiger partial charge in [0.1, 0.15) is 0 Å². The fourth-order valence-corrected chi connectivity index (χ4v) is 2.43. The number of nitrogens with zero attached hydrogens (tertiary/aromatic N) is 1. The van der Waals surface area contributed by atoms with Gasteiger partial charge in [0.05, 0.1) is 17.4 Å². The van der Waals surface area contributed by atoms with E-state index in [9.17, 15) is 9.90 Å². The molecule has 0 aromatic heterocycles. The molecule has 0 bridgehead atoms. The first-order chi connectivity index (χ1) is 8.61. The van der Waals surface area contributed by atoms with E-state index in [2.05, 4.69) is 4.90 Å². The molecule has 1 heterocycles. The van der Waals surface area contributed by atoms with Gasteiger partial charge < -0.3 is 14.7 Å². The maximum Gasteiger partial charge on any atom is 0.337 e. The second-order valence-corrected chi connectivity index (χ2v) is 4.75. The lowest BCUT2D eigenvalue weighted by molar-refractivity contribution is 0.0696. The molecule has 0 saturated carbocycles. The van der Waals surface area contributed by atoms with Gasteiger partial charge in [-0.05, 0) is 31.9 Å². The van der Waals surface area contributed by atoms with E-state index in [4.69, 9.17) is 4.74 Å². The molecule has 2 rings (SSSR count). The highest BCUT2D eigenvalue weighted by Gasteiger charge is 2.22. The first-order valence-corrected chi connectivity index (χ1v) is 6.23. The topological polar surface area (TPSA) is 49.8 Å². The molecular weight excluding hydrogens is 230 g/mol. The number of aromatic carboxylic acids is 1. The molecule has 1 aliphatic heterocycles. The van der Waals surface area contributed by atoms with Crippen LogP contribution >= 0.6 is 0 Å². The van der Waals surface area contributed by atoms with Crippen LogP contribution in [0.1, 0.15) is 28.8 Å². The molecule has 1 N–H and O–H groups in total. The number of methoxy groups -OCH3 is 1. The van der Waals surface area contributed by atoms with Crippen LogP contribution in [-0.2, 0) is 4.74 Å². The Morgan fingerprint density at radius 2 is 2.06 bits per heavy atom. The van der Waals surface area contributed by atoms with Gasteiger partial charge in [-0.3, -0.25) is 0 Å². The molecule has 98 valence electrons. The van der Waals surface area contributed by atoms with Crippen molar-refractivity contribution in [3.8, 4) is 0 Å². The van der Waals surface area contributed by atoms with Crippen LogP contribution < -0.4 is 4.90 Å². The lowest BCUT2D eigenvalue weighted by atomic mass is 10.0. The number of aryl methyl sites for hydroxylation is 1. The zero-order chi connectivity index (χ0) is 13.1. The Balaban J connectivity index is 2.21. The number of benzene rings is 1. The monoisotopic (exact) mass is 249 g/mol. The molecule has 0 unspecified atom stereocenters. The first-order valence-electron chi connectivity index (χ1n) is 6.23. The van der Waals surface area contributed by atoms with Crippen molar-refractivity contribution in [1.82, 2.24) is 0 Å². The summed E-state index contributed by atoms with van der Waals surface area (Å²) < 4.78 is 5.33. The molecule has 1 aromatic rings. The molecule has 1 aromatic carbocycles. The van der Waals surface area contributed by atoms with Crippen molar-refractivity contribution in [2.75, 3.05) is 25.1 Å². The number of ether oxygens (including phenoxy) is 1. The number of carboxylic acid groups (broad SMARTS) is 1. The number of rotatable bonds is 3. The van der Waals surface area contributed by atoms with Gasteiger partial charge in [-0.15, -0.1) is 0 Å². The number of hydrogen-bond donors (Lipinski definition) is 1. The summed E-state index contributed by atoms with van der Waals surface area (Å²) in [5, 5.41) is 9.27. The van der Waals surface area contributed by atoms with Crippen molar-refractivity contribution in [2.24, 2.45) is 0 Å². The van der Waals surface area contributed by atoms with Crippen LogP contribution in [0.4, 0.5) is 5.69 Å². The second kappa shape index (κ2) is 5.40. The van der Waals surface area contributed by atoms with Gasteiger partial charge >= 0.3 is 5.97 Å². The van der Waals surface area contributed by atoms with Crippen LogP contribution in [0, 0.1) is 6.92 Å². The maximum absolute atomic E-state index is 11.3. The summed E-state index contributed by atoms with van der Waals surface area (Å²) in [7, 11) is 1.73. The van der Waals surface area contributed by atoms with Crippen molar-refractivity contribution in [2.45, 2.75) is 25.9 Å². The maximum atomic E-state index is 11.3. The molecule has 1 saturated heterocycles. The van der Waals surface area contributed by atoms with Crippen molar-refractivity contribution < 1.29 is 14.6 Å². The number of hydrogen-bond acceptors (Lipinski definition) is 3. The van der Waals surface area contributed by atoms with Crippen molar-refractivity contribution in [3.05, 3.63) is 29.3 Å². The number of carbonyl (C=O) groups is 1. The van der Waals surface area contributed by atoms with Gasteiger partial charge in [0.15, 0.2) is 0 Å². The smallest absolute Gasteiger partial charge is 0.337 e. The molecular formula is C14H19NO3. The fourth-order valence-electron chi connectivity index (χ4n) is 2.43. The van der Waals surface area contributed by atoms with E-state index in [0.29, 0.717) is 11.7 Å². The highest BCUT2D eigenvalue weighted by atomic mass is 16.5. The molecule has 1 fully saturated rings. The van der Waals surface area contributed by atoms with Crippen LogP contribution in [0.3, 0.4) is 0 Å². The lowest BCUT2D eigenvalue weighted by Crippen LogP contribution is -2.37. The van der Waals surface area contributed by atoms with E-state index >= 15 is 0 Å². The zero-order valence-electron chi connectivity index (χ0n) is 10.8. The van der Waals surface area contributed by atoms with Crippen molar-refractivity contribution in [1.29, 1.82) is 0 Å². The predicted molar refractivity (Wildman–Crippen MR) is 70.4 cm³/mol. The molecule has 0 radical (unpaired) electrons. The minimum absolute atomic E-state index is 0.306. The van der Waals surface area contributed by atoms with Gasteiger partial charge in [-0.25, -0.2) is 4.79 Å². The summed E-state index contributed by atoms with van der Waals surface area (Å²) in [5.74, 6) is -0.859. The van der Waals surface area contributed by atoms with E-state index in [1.807, 2.05) is 19.1 Å². The Bertz CT molecular complexity index is 437. The standard InChI is InChI=1S/C14H19NO3/c1-10-3-4-13(12(9-10)14(16)17)15-7-5-11(18-2)6-8-15/h3-4,9,11H,5-8H2,1-2H3,(H,16,17). The van der Waals surface area contributed by atoms with E-state index < -0.39 is 5.97 Å². The van der Waals surface area contributed by atoms with Gasteiger partial charge in [-0.2, -0.15) is 0 Å². The molecule has 18 heavy (non-hydrogen) atoms. The number of carboxylic acids is 1. The minimum atomic E-state index is -0.859. The predicted octanol–water partition coefficient (Wildman–Crippen LogP) is 2.31. The van der Waals surface area contributed by atoms with Crippen LogP contribution in [0.25, 0.3) is 0 Å². The Hall–Kier alpha value is -1.55. The fraction of sp³-hybridized carbons (Fsp3) is 0.500. The van der Waals surface area contributed by atoms with E-state index in [1.54, 1.807) is 13.2 Å². The Kier molecular flexibility index (Phi) is 3.87. The Morgan fingerprint density at radius 3 is 2.61 bits per heavy atom. The van der Waals surface area contributed by atoms with Crippen molar-refractivity contribution in [3.63, 3.8) is 0 Å². The number of piperidine rings is 1. The third-order valence-electron chi connectivity index (χ3n) is 3.50. The van der Waals surface area contributed by atoms with Crippen LogP contribution in [0.5, 0.6) is 0 Å².